The van der Waals surface area contributed by atoms with Gasteiger partial charge in [0.15, 0.2) is 0 Å². The smallest absolute Gasteiger partial charge is 0.220 e. The monoisotopic (exact) mass is 331 g/mol. The zero-order valence-corrected chi connectivity index (χ0v) is 14.9. The first-order valence-corrected chi connectivity index (χ1v) is 11.0. The second-order valence-electron chi connectivity index (χ2n) is 6.76. The third kappa shape index (κ3) is 11.0. The number of sulfone groups is 1. The molecule has 1 saturated carbocycles. The van der Waals surface area contributed by atoms with E-state index >= 15 is 0 Å². The highest BCUT2D eigenvalue weighted by Crippen LogP contribution is 2.17. The lowest BCUT2D eigenvalue weighted by Crippen LogP contribution is -2.35. The van der Waals surface area contributed by atoms with Crippen molar-refractivity contribution in [3.05, 3.63) is 0 Å². The van der Waals surface area contributed by atoms with E-state index in [0.717, 1.165) is 12.8 Å². The van der Waals surface area contributed by atoms with Crippen molar-refractivity contribution in [3.63, 3.8) is 0 Å². The van der Waals surface area contributed by atoms with Gasteiger partial charge in [-0.15, -0.1) is 0 Å². The van der Waals surface area contributed by atoms with Gasteiger partial charge < -0.3 is 5.32 Å². The molecule has 0 spiro atoms. The van der Waals surface area contributed by atoms with Gasteiger partial charge in [-0.2, -0.15) is 0 Å². The Labute approximate surface area is 136 Å². The molecule has 0 heterocycles. The number of carbonyl (C=O) groups excluding carboxylic acids is 1. The van der Waals surface area contributed by atoms with E-state index in [4.69, 9.17) is 0 Å². The standard InChI is InChI=1S/C17H33NO3S/c1-22(20,21)15-11-14-17(19)18-16-12-9-7-5-3-2-4-6-8-10-13-16/h16H,2-15H2,1H3,(H,18,19). The average Bonchev–Trinajstić information content (AvgIpc) is 2.40. The van der Waals surface area contributed by atoms with Gasteiger partial charge in [0.2, 0.25) is 5.91 Å². The minimum absolute atomic E-state index is 0.0146. The van der Waals surface area contributed by atoms with Gasteiger partial charge in [-0.25, -0.2) is 8.42 Å². The Balaban J connectivity index is 2.30. The molecule has 0 aromatic rings. The molecule has 130 valence electrons. The van der Waals surface area contributed by atoms with Crippen LogP contribution in [0.4, 0.5) is 0 Å². The molecule has 1 N–H and O–H groups in total. The second kappa shape index (κ2) is 11.0. The van der Waals surface area contributed by atoms with Gasteiger partial charge in [0, 0.05) is 18.7 Å². The van der Waals surface area contributed by atoms with Crippen LogP contribution in [0.3, 0.4) is 0 Å². The molecule has 0 aliphatic heterocycles. The van der Waals surface area contributed by atoms with Crippen molar-refractivity contribution in [2.24, 2.45) is 0 Å². The quantitative estimate of drug-likeness (QED) is 0.837. The Morgan fingerprint density at radius 3 is 1.82 bits per heavy atom. The maximum absolute atomic E-state index is 12.0. The van der Waals surface area contributed by atoms with Crippen LogP contribution in [0.1, 0.15) is 83.5 Å². The molecule has 0 bridgehead atoms. The van der Waals surface area contributed by atoms with Gasteiger partial charge in [-0.3, -0.25) is 4.79 Å². The van der Waals surface area contributed by atoms with Crippen LogP contribution in [0.2, 0.25) is 0 Å². The van der Waals surface area contributed by atoms with Crippen LogP contribution in [0.5, 0.6) is 0 Å². The van der Waals surface area contributed by atoms with E-state index in [1.165, 1.54) is 64.0 Å². The Bertz CT molecular complexity index is 394. The number of hydrogen-bond acceptors (Lipinski definition) is 3. The van der Waals surface area contributed by atoms with Crippen LogP contribution in [-0.4, -0.2) is 32.4 Å². The highest BCUT2D eigenvalue weighted by molar-refractivity contribution is 7.90. The van der Waals surface area contributed by atoms with Crippen LogP contribution in [0, 0.1) is 0 Å². The molecule has 0 aromatic heterocycles. The summed E-state index contributed by atoms with van der Waals surface area (Å²) < 4.78 is 22.2. The molecule has 1 amide bonds. The summed E-state index contributed by atoms with van der Waals surface area (Å²) in [6.45, 7) is 0. The van der Waals surface area contributed by atoms with Crippen molar-refractivity contribution in [2.75, 3.05) is 12.0 Å². The minimum atomic E-state index is -2.96. The van der Waals surface area contributed by atoms with Gasteiger partial charge >= 0.3 is 0 Å². The Kier molecular flexibility index (Phi) is 9.76. The minimum Gasteiger partial charge on any atom is -0.353 e. The van der Waals surface area contributed by atoms with Gasteiger partial charge in [-0.05, 0) is 19.3 Å². The molecule has 0 radical (unpaired) electrons. The van der Waals surface area contributed by atoms with E-state index in [9.17, 15) is 13.2 Å². The molecular formula is C17H33NO3S. The summed E-state index contributed by atoms with van der Waals surface area (Å²) >= 11 is 0. The van der Waals surface area contributed by atoms with Crippen molar-refractivity contribution in [3.8, 4) is 0 Å². The second-order valence-corrected chi connectivity index (χ2v) is 9.02. The van der Waals surface area contributed by atoms with E-state index < -0.39 is 9.84 Å². The lowest BCUT2D eigenvalue weighted by molar-refractivity contribution is -0.121. The number of nitrogens with one attached hydrogen (secondary N) is 1. The third-order valence-corrected chi connectivity index (χ3v) is 5.42. The fourth-order valence-corrected chi connectivity index (χ4v) is 3.77. The lowest BCUT2D eigenvalue weighted by atomic mass is 9.98. The molecule has 5 heteroatoms. The van der Waals surface area contributed by atoms with Crippen LogP contribution in [-0.2, 0) is 14.6 Å². The van der Waals surface area contributed by atoms with Crippen molar-refractivity contribution in [2.45, 2.75) is 89.5 Å². The molecule has 1 rings (SSSR count). The topological polar surface area (TPSA) is 63.2 Å². The van der Waals surface area contributed by atoms with Gasteiger partial charge in [0.1, 0.15) is 9.84 Å². The highest BCUT2D eigenvalue weighted by atomic mass is 32.2. The molecule has 0 saturated heterocycles. The van der Waals surface area contributed by atoms with Crippen LogP contribution in [0.15, 0.2) is 0 Å². The predicted molar refractivity (Wildman–Crippen MR) is 91.7 cm³/mol. The fourth-order valence-electron chi connectivity index (χ4n) is 3.10. The molecule has 1 aliphatic carbocycles. The summed E-state index contributed by atoms with van der Waals surface area (Å²) in [5.74, 6) is 0.117. The molecule has 1 aliphatic rings. The van der Waals surface area contributed by atoms with Gasteiger partial charge in [0.05, 0.1) is 5.75 Å². The fraction of sp³-hybridized carbons (Fsp3) is 0.941. The largest absolute Gasteiger partial charge is 0.353 e. The Morgan fingerprint density at radius 1 is 0.909 bits per heavy atom. The van der Waals surface area contributed by atoms with E-state index in [-0.39, 0.29) is 17.7 Å². The molecule has 4 nitrogen and oxygen atoms in total. The number of carbonyl (C=O) groups is 1. The van der Waals surface area contributed by atoms with Crippen LogP contribution in [0.25, 0.3) is 0 Å². The molecule has 0 unspecified atom stereocenters. The summed E-state index contributed by atoms with van der Waals surface area (Å²) in [5.41, 5.74) is 0. The van der Waals surface area contributed by atoms with E-state index in [1.807, 2.05) is 0 Å². The SMILES string of the molecule is CS(=O)(=O)CCCC(=O)NC1CCCCCCCCCCC1. The Morgan fingerprint density at radius 2 is 1.36 bits per heavy atom. The third-order valence-electron chi connectivity index (χ3n) is 4.39. The summed E-state index contributed by atoms with van der Waals surface area (Å²) in [6, 6.07) is 0.283. The van der Waals surface area contributed by atoms with E-state index in [0.29, 0.717) is 12.8 Å². The highest BCUT2D eigenvalue weighted by Gasteiger charge is 2.13. The molecule has 0 atom stereocenters. The van der Waals surface area contributed by atoms with Crippen LogP contribution < -0.4 is 5.32 Å². The normalized spacial score (nSPS) is 19.9. The maximum Gasteiger partial charge on any atom is 0.220 e. The first-order valence-electron chi connectivity index (χ1n) is 8.94. The number of rotatable bonds is 5. The summed E-state index contributed by atoms with van der Waals surface area (Å²) in [5, 5.41) is 3.12. The van der Waals surface area contributed by atoms with Crippen molar-refractivity contribution in [1.29, 1.82) is 0 Å². The molecule has 1 fully saturated rings. The maximum atomic E-state index is 12.0. The first-order chi connectivity index (χ1) is 10.5. The van der Waals surface area contributed by atoms with Crippen LogP contribution >= 0.6 is 0 Å². The zero-order valence-electron chi connectivity index (χ0n) is 14.1. The van der Waals surface area contributed by atoms with Crippen molar-refractivity contribution in [1.82, 2.24) is 5.32 Å². The van der Waals surface area contributed by atoms with E-state index in [1.54, 1.807) is 0 Å². The molecule has 22 heavy (non-hydrogen) atoms. The summed E-state index contributed by atoms with van der Waals surface area (Å²) in [4.78, 5) is 12.0. The van der Waals surface area contributed by atoms with Gasteiger partial charge in [0.25, 0.3) is 0 Å². The van der Waals surface area contributed by atoms with E-state index in [2.05, 4.69) is 5.32 Å². The molecule has 0 aromatic carbocycles. The first kappa shape index (κ1) is 19.5. The zero-order chi connectivity index (χ0) is 16.3. The average molecular weight is 332 g/mol. The van der Waals surface area contributed by atoms with Crippen molar-refractivity contribution >= 4 is 15.7 Å². The number of hydrogen-bond donors (Lipinski definition) is 1. The van der Waals surface area contributed by atoms with Crippen molar-refractivity contribution < 1.29 is 13.2 Å². The number of amides is 1. The summed E-state index contributed by atoms with van der Waals surface area (Å²) in [7, 11) is -2.96. The molecular weight excluding hydrogens is 298 g/mol. The van der Waals surface area contributed by atoms with Gasteiger partial charge in [-0.1, -0.05) is 57.8 Å². The predicted octanol–water partition coefficient (Wildman–Crippen LogP) is 3.60. The summed E-state index contributed by atoms with van der Waals surface area (Å²) in [6.07, 6.45) is 15.7. The Hall–Kier alpha value is -0.580. The lowest BCUT2D eigenvalue weighted by Gasteiger charge is -2.19.